The number of amides is 1. The molecule has 0 radical (unpaired) electrons. The van der Waals surface area contributed by atoms with Gasteiger partial charge in [0.1, 0.15) is 0 Å². The molecule has 0 aromatic carbocycles. The summed E-state index contributed by atoms with van der Waals surface area (Å²) in [5.41, 5.74) is 6.66. The molecule has 2 rings (SSSR count). The van der Waals surface area contributed by atoms with Crippen LogP contribution in [0.1, 0.15) is 23.2 Å². The second-order valence-corrected chi connectivity index (χ2v) is 6.60. The molecule has 0 unspecified atom stereocenters. The molecule has 1 aromatic rings. The molecule has 1 amide bonds. The zero-order valence-corrected chi connectivity index (χ0v) is 11.3. The van der Waals surface area contributed by atoms with Crippen LogP contribution in [-0.2, 0) is 0 Å². The summed E-state index contributed by atoms with van der Waals surface area (Å²) >= 11 is 3.84. The van der Waals surface area contributed by atoms with E-state index in [0.29, 0.717) is 6.54 Å². The lowest BCUT2D eigenvalue weighted by molar-refractivity contribution is 0.0709. The van der Waals surface area contributed by atoms with E-state index in [1.807, 2.05) is 16.3 Å². The summed E-state index contributed by atoms with van der Waals surface area (Å²) in [7, 11) is 0. The third-order valence-electron chi connectivity index (χ3n) is 2.56. The van der Waals surface area contributed by atoms with Gasteiger partial charge in [0.15, 0.2) is 0 Å². The van der Waals surface area contributed by atoms with E-state index in [1.54, 1.807) is 11.3 Å². The van der Waals surface area contributed by atoms with E-state index in [2.05, 4.69) is 22.6 Å². The third kappa shape index (κ3) is 2.70. The van der Waals surface area contributed by atoms with Gasteiger partial charge in [0.25, 0.3) is 5.91 Å². The average Bonchev–Trinajstić information content (AvgIpc) is 2.64. The van der Waals surface area contributed by atoms with Crippen LogP contribution in [0.15, 0.2) is 11.4 Å². The van der Waals surface area contributed by atoms with Crippen molar-refractivity contribution in [3.05, 3.63) is 19.9 Å². The molecule has 0 bridgehead atoms. The van der Waals surface area contributed by atoms with Crippen LogP contribution in [-0.4, -0.2) is 29.9 Å². The predicted octanol–water partition coefficient (Wildman–Crippen LogP) is 1.92. The van der Waals surface area contributed by atoms with Gasteiger partial charge < -0.3 is 10.6 Å². The Labute approximate surface area is 107 Å². The number of halogens is 1. The van der Waals surface area contributed by atoms with Crippen molar-refractivity contribution < 1.29 is 4.79 Å². The maximum atomic E-state index is 12.0. The number of nitrogens with two attached hydrogens (primary N) is 1. The number of thiophene rings is 1. The SMILES string of the molecule is N[C@@H]1CCCN(C(=O)c2csc(I)c2)C1. The largest absolute Gasteiger partial charge is 0.337 e. The minimum absolute atomic E-state index is 0.129. The standard InChI is InChI=1S/C10H13IN2OS/c11-9-4-7(6-15-9)10(14)13-3-1-2-8(12)5-13/h4,6,8H,1-3,5,12H2/t8-/m1/s1. The highest BCUT2D eigenvalue weighted by molar-refractivity contribution is 14.1. The lowest BCUT2D eigenvalue weighted by Crippen LogP contribution is -2.45. The fourth-order valence-electron chi connectivity index (χ4n) is 1.80. The van der Waals surface area contributed by atoms with Crippen LogP contribution in [0.3, 0.4) is 0 Å². The van der Waals surface area contributed by atoms with E-state index in [-0.39, 0.29) is 11.9 Å². The van der Waals surface area contributed by atoms with Gasteiger partial charge in [0.05, 0.1) is 8.45 Å². The number of hydrogen-bond acceptors (Lipinski definition) is 3. The van der Waals surface area contributed by atoms with Gasteiger partial charge in [-0.1, -0.05) is 0 Å². The molecule has 0 saturated carbocycles. The summed E-state index contributed by atoms with van der Waals surface area (Å²) in [6.07, 6.45) is 2.05. The van der Waals surface area contributed by atoms with Crippen molar-refractivity contribution in [2.24, 2.45) is 5.73 Å². The highest BCUT2D eigenvalue weighted by Crippen LogP contribution is 2.19. The Kier molecular flexibility index (Phi) is 3.63. The van der Waals surface area contributed by atoms with Gasteiger partial charge in [0.2, 0.25) is 0 Å². The Morgan fingerprint density at radius 3 is 3.07 bits per heavy atom. The van der Waals surface area contributed by atoms with Gasteiger partial charge in [0, 0.05) is 24.5 Å². The summed E-state index contributed by atoms with van der Waals surface area (Å²) in [4.78, 5) is 13.9. The smallest absolute Gasteiger partial charge is 0.254 e. The van der Waals surface area contributed by atoms with E-state index in [0.717, 1.165) is 27.8 Å². The molecule has 0 aliphatic carbocycles. The van der Waals surface area contributed by atoms with Gasteiger partial charge in [-0.3, -0.25) is 4.79 Å². The lowest BCUT2D eigenvalue weighted by Gasteiger charge is -2.30. The summed E-state index contributed by atoms with van der Waals surface area (Å²) in [5, 5.41) is 1.92. The van der Waals surface area contributed by atoms with Crippen molar-refractivity contribution in [2.45, 2.75) is 18.9 Å². The molecule has 1 atom stereocenters. The van der Waals surface area contributed by atoms with Crippen LogP contribution in [0.2, 0.25) is 0 Å². The molecule has 82 valence electrons. The minimum atomic E-state index is 0.129. The van der Waals surface area contributed by atoms with Crippen molar-refractivity contribution in [3.8, 4) is 0 Å². The van der Waals surface area contributed by atoms with E-state index >= 15 is 0 Å². The van der Waals surface area contributed by atoms with Crippen molar-refractivity contribution in [1.29, 1.82) is 0 Å². The van der Waals surface area contributed by atoms with Crippen LogP contribution in [0.25, 0.3) is 0 Å². The second-order valence-electron chi connectivity index (χ2n) is 3.79. The maximum absolute atomic E-state index is 12.0. The van der Waals surface area contributed by atoms with Crippen LogP contribution in [0.5, 0.6) is 0 Å². The monoisotopic (exact) mass is 336 g/mol. The number of carbonyl (C=O) groups is 1. The molecule has 0 spiro atoms. The van der Waals surface area contributed by atoms with Crippen molar-refractivity contribution in [3.63, 3.8) is 0 Å². The van der Waals surface area contributed by atoms with Gasteiger partial charge in [-0.15, -0.1) is 11.3 Å². The fraction of sp³-hybridized carbons (Fsp3) is 0.500. The number of hydrogen-bond donors (Lipinski definition) is 1. The third-order valence-corrected chi connectivity index (χ3v) is 4.35. The molecule has 2 N–H and O–H groups in total. The molecule has 15 heavy (non-hydrogen) atoms. The Bertz CT molecular complexity index is 366. The van der Waals surface area contributed by atoms with Crippen LogP contribution >= 0.6 is 33.9 Å². The molecule has 5 heteroatoms. The van der Waals surface area contributed by atoms with Crippen molar-refractivity contribution in [2.75, 3.05) is 13.1 Å². The number of piperidine rings is 1. The molecule has 3 nitrogen and oxygen atoms in total. The Hall–Kier alpha value is -0.140. The van der Waals surface area contributed by atoms with Crippen molar-refractivity contribution >= 4 is 39.8 Å². The Morgan fingerprint density at radius 1 is 1.67 bits per heavy atom. The summed E-state index contributed by atoms with van der Waals surface area (Å²) in [6.45, 7) is 1.55. The first-order valence-corrected chi connectivity index (χ1v) is 6.91. The molecular formula is C10H13IN2OS. The lowest BCUT2D eigenvalue weighted by atomic mass is 10.1. The number of carbonyl (C=O) groups excluding carboxylic acids is 1. The number of rotatable bonds is 1. The van der Waals surface area contributed by atoms with Crippen LogP contribution in [0.4, 0.5) is 0 Å². The van der Waals surface area contributed by atoms with Crippen LogP contribution < -0.4 is 5.73 Å². The first-order chi connectivity index (χ1) is 7.16. The maximum Gasteiger partial charge on any atom is 0.254 e. The van der Waals surface area contributed by atoms with E-state index in [9.17, 15) is 4.79 Å². The second kappa shape index (κ2) is 4.80. The fourth-order valence-corrected chi connectivity index (χ4v) is 3.12. The number of nitrogens with zero attached hydrogens (tertiary/aromatic N) is 1. The first kappa shape index (κ1) is 11.3. The number of likely N-dealkylation sites (tertiary alicyclic amines) is 1. The average molecular weight is 336 g/mol. The van der Waals surface area contributed by atoms with Gasteiger partial charge in [-0.05, 0) is 41.5 Å². The molecule has 1 aliphatic rings. The van der Waals surface area contributed by atoms with Gasteiger partial charge in [-0.2, -0.15) is 0 Å². The highest BCUT2D eigenvalue weighted by atomic mass is 127. The van der Waals surface area contributed by atoms with E-state index < -0.39 is 0 Å². The zero-order valence-electron chi connectivity index (χ0n) is 8.28. The molecule has 1 aliphatic heterocycles. The van der Waals surface area contributed by atoms with E-state index in [1.165, 1.54) is 0 Å². The predicted molar refractivity (Wildman–Crippen MR) is 70.1 cm³/mol. The van der Waals surface area contributed by atoms with Crippen molar-refractivity contribution in [1.82, 2.24) is 4.90 Å². The van der Waals surface area contributed by atoms with Gasteiger partial charge >= 0.3 is 0 Å². The molecule has 2 heterocycles. The Morgan fingerprint density at radius 2 is 2.47 bits per heavy atom. The molecule has 1 fully saturated rings. The van der Waals surface area contributed by atoms with E-state index in [4.69, 9.17) is 5.73 Å². The zero-order chi connectivity index (χ0) is 10.8. The van der Waals surface area contributed by atoms with Gasteiger partial charge in [-0.25, -0.2) is 0 Å². The first-order valence-electron chi connectivity index (χ1n) is 4.95. The van der Waals surface area contributed by atoms with Crippen LogP contribution in [0, 0.1) is 2.88 Å². The normalized spacial score (nSPS) is 21.7. The summed E-state index contributed by atoms with van der Waals surface area (Å²) in [5.74, 6) is 0.129. The topological polar surface area (TPSA) is 46.3 Å². The molecular weight excluding hydrogens is 323 g/mol. The highest BCUT2D eigenvalue weighted by Gasteiger charge is 2.22. The minimum Gasteiger partial charge on any atom is -0.337 e. The molecule has 1 aromatic heterocycles. The Balaban J connectivity index is 2.07. The summed E-state index contributed by atoms with van der Waals surface area (Å²) < 4.78 is 1.15. The summed E-state index contributed by atoms with van der Waals surface area (Å²) in [6, 6.07) is 2.09. The quantitative estimate of drug-likeness (QED) is 0.797. The molecule has 1 saturated heterocycles.